The zero-order valence-corrected chi connectivity index (χ0v) is 23.7. The Labute approximate surface area is 233 Å². The van der Waals surface area contributed by atoms with Crippen molar-refractivity contribution < 1.29 is 19.5 Å². The molecule has 39 heavy (non-hydrogen) atoms. The first-order chi connectivity index (χ1) is 18.6. The summed E-state index contributed by atoms with van der Waals surface area (Å²) >= 11 is 1.60. The summed E-state index contributed by atoms with van der Waals surface area (Å²) in [4.78, 5) is 44.5. The van der Waals surface area contributed by atoms with Crippen molar-refractivity contribution in [3.8, 4) is 0 Å². The molecular formula is C31H37N3O4S. The Kier molecular flexibility index (Phi) is 7.78. The molecule has 1 fully saturated rings. The Morgan fingerprint density at radius 3 is 2.72 bits per heavy atom. The molecule has 2 aliphatic heterocycles. The number of amides is 3. The number of rotatable bonds is 9. The minimum absolute atomic E-state index is 0.0248. The highest BCUT2D eigenvalue weighted by molar-refractivity contribution is 7.19. The van der Waals surface area contributed by atoms with Crippen LogP contribution in [0.1, 0.15) is 78.5 Å². The second-order valence-corrected chi connectivity index (χ2v) is 12.7. The van der Waals surface area contributed by atoms with E-state index in [9.17, 15) is 19.5 Å². The lowest BCUT2D eigenvalue weighted by atomic mass is 9.94. The van der Waals surface area contributed by atoms with Crippen LogP contribution in [0.2, 0.25) is 0 Å². The molecule has 2 aliphatic rings. The van der Waals surface area contributed by atoms with Crippen LogP contribution in [0.5, 0.6) is 0 Å². The van der Waals surface area contributed by atoms with E-state index >= 15 is 0 Å². The lowest BCUT2D eigenvalue weighted by Crippen LogP contribution is -2.45. The number of carbonyl (C=O) groups is 3. The highest BCUT2D eigenvalue weighted by atomic mass is 32.1. The molecule has 3 heterocycles. The predicted molar refractivity (Wildman–Crippen MR) is 155 cm³/mol. The summed E-state index contributed by atoms with van der Waals surface area (Å²) in [6.45, 7) is 7.10. The van der Waals surface area contributed by atoms with Gasteiger partial charge in [0.05, 0.1) is 34.9 Å². The van der Waals surface area contributed by atoms with Crippen LogP contribution in [-0.2, 0) is 11.3 Å². The highest BCUT2D eigenvalue weighted by Crippen LogP contribution is 2.36. The minimum Gasteiger partial charge on any atom is -0.390 e. The number of hydrogen-bond acceptors (Lipinski definition) is 6. The van der Waals surface area contributed by atoms with Crippen molar-refractivity contribution >= 4 is 44.8 Å². The van der Waals surface area contributed by atoms with E-state index in [0.29, 0.717) is 24.1 Å². The summed E-state index contributed by atoms with van der Waals surface area (Å²) in [5, 5.41) is 14.2. The van der Waals surface area contributed by atoms with E-state index in [0.717, 1.165) is 52.9 Å². The lowest BCUT2D eigenvalue weighted by molar-refractivity contribution is -0.125. The second kappa shape index (κ2) is 11.1. The van der Waals surface area contributed by atoms with Crippen molar-refractivity contribution in [3.63, 3.8) is 0 Å². The third kappa shape index (κ3) is 6.02. The van der Waals surface area contributed by atoms with Gasteiger partial charge in [-0.3, -0.25) is 19.3 Å². The fraction of sp³-hybridized carbons (Fsp3) is 0.452. The molecule has 5 rings (SSSR count). The Balaban J connectivity index is 1.27. The number of nitrogens with one attached hydrogen (secondary N) is 1. The Morgan fingerprint density at radius 2 is 1.95 bits per heavy atom. The zero-order valence-electron chi connectivity index (χ0n) is 22.9. The number of benzene rings is 2. The molecule has 0 saturated carbocycles. The fourth-order valence-corrected chi connectivity index (χ4v) is 6.73. The van der Waals surface area contributed by atoms with E-state index in [1.807, 2.05) is 49.4 Å². The number of piperidine rings is 1. The normalized spacial score (nSPS) is 18.5. The SMILES string of the molecule is CC(CCCC(C)(C)O)NC(=O)C1CCCN(c2cccc3c2C(=O)N(Cc2cc4ccccc4s2)C3=O)C1. The molecule has 206 valence electrons. The molecule has 3 amide bonds. The second-order valence-electron chi connectivity index (χ2n) is 11.5. The van der Waals surface area contributed by atoms with Gasteiger partial charge in [0.1, 0.15) is 0 Å². The summed E-state index contributed by atoms with van der Waals surface area (Å²) in [5.74, 6) is -0.694. The average Bonchev–Trinajstić information content (AvgIpc) is 3.42. The molecule has 1 aromatic heterocycles. The largest absolute Gasteiger partial charge is 0.390 e. The van der Waals surface area contributed by atoms with Gasteiger partial charge in [0.15, 0.2) is 0 Å². The average molecular weight is 548 g/mol. The first-order valence-corrected chi connectivity index (χ1v) is 14.7. The number of aliphatic hydroxyl groups is 1. The van der Waals surface area contributed by atoms with E-state index in [-0.39, 0.29) is 36.2 Å². The van der Waals surface area contributed by atoms with Gasteiger partial charge in [-0.1, -0.05) is 24.3 Å². The number of fused-ring (bicyclic) bond motifs is 2. The van der Waals surface area contributed by atoms with Crippen molar-refractivity contribution in [2.45, 2.75) is 71.1 Å². The first kappa shape index (κ1) is 27.3. The van der Waals surface area contributed by atoms with Crippen LogP contribution in [0.15, 0.2) is 48.5 Å². The van der Waals surface area contributed by atoms with E-state index in [4.69, 9.17) is 0 Å². The van der Waals surface area contributed by atoms with Crippen LogP contribution in [0.4, 0.5) is 5.69 Å². The number of hydrogen-bond donors (Lipinski definition) is 2. The van der Waals surface area contributed by atoms with Crippen molar-refractivity contribution in [3.05, 3.63) is 64.5 Å². The smallest absolute Gasteiger partial charge is 0.264 e. The van der Waals surface area contributed by atoms with E-state index in [1.54, 1.807) is 31.3 Å². The molecule has 0 radical (unpaired) electrons. The summed E-state index contributed by atoms with van der Waals surface area (Å²) in [6.07, 6.45) is 3.97. The van der Waals surface area contributed by atoms with Gasteiger partial charge >= 0.3 is 0 Å². The van der Waals surface area contributed by atoms with Gasteiger partial charge in [-0.2, -0.15) is 0 Å². The van der Waals surface area contributed by atoms with Crippen molar-refractivity contribution in [2.24, 2.45) is 5.92 Å². The molecule has 2 atom stereocenters. The Hall–Kier alpha value is -3.23. The number of nitrogens with zero attached hydrogens (tertiary/aromatic N) is 2. The molecule has 2 aromatic carbocycles. The molecule has 2 unspecified atom stereocenters. The quantitative estimate of drug-likeness (QED) is 0.352. The van der Waals surface area contributed by atoms with Crippen LogP contribution in [0.25, 0.3) is 10.1 Å². The van der Waals surface area contributed by atoms with Crippen LogP contribution >= 0.6 is 11.3 Å². The Morgan fingerprint density at radius 1 is 1.15 bits per heavy atom. The van der Waals surface area contributed by atoms with Gasteiger partial charge in [-0.05, 0) is 82.5 Å². The molecule has 3 aromatic rings. The zero-order chi connectivity index (χ0) is 27.7. The van der Waals surface area contributed by atoms with Crippen LogP contribution < -0.4 is 10.2 Å². The molecule has 1 saturated heterocycles. The molecule has 2 N–H and O–H groups in total. The van der Waals surface area contributed by atoms with Crippen LogP contribution in [0, 0.1) is 5.92 Å². The van der Waals surface area contributed by atoms with Crippen molar-refractivity contribution in [1.29, 1.82) is 0 Å². The van der Waals surface area contributed by atoms with E-state index < -0.39 is 5.60 Å². The van der Waals surface area contributed by atoms with Gasteiger partial charge in [0, 0.05) is 28.7 Å². The summed E-state index contributed by atoms with van der Waals surface area (Å²) in [6, 6.07) is 15.6. The standard InChI is InChI=1S/C31H37N3O4S/c1-20(9-7-15-31(2,3)38)32-28(35)22-11-8-16-33(18-22)25-13-6-12-24-27(25)30(37)34(29(24)36)19-23-17-21-10-4-5-14-26(21)39-23/h4-6,10,12-14,17,20,22,38H,7-9,11,15-16,18-19H2,1-3H3,(H,32,35). The third-order valence-corrected chi connectivity index (χ3v) is 8.82. The topological polar surface area (TPSA) is 89.9 Å². The molecule has 0 bridgehead atoms. The molecular weight excluding hydrogens is 510 g/mol. The van der Waals surface area contributed by atoms with Gasteiger partial charge in [-0.25, -0.2) is 0 Å². The van der Waals surface area contributed by atoms with Crippen molar-refractivity contribution in [1.82, 2.24) is 10.2 Å². The van der Waals surface area contributed by atoms with Crippen LogP contribution in [0.3, 0.4) is 0 Å². The molecule has 0 spiro atoms. The molecule has 7 nitrogen and oxygen atoms in total. The number of imide groups is 1. The van der Waals surface area contributed by atoms with E-state index in [1.165, 1.54) is 4.90 Å². The maximum absolute atomic E-state index is 13.6. The first-order valence-electron chi connectivity index (χ1n) is 13.8. The monoisotopic (exact) mass is 547 g/mol. The summed E-state index contributed by atoms with van der Waals surface area (Å²) in [5.41, 5.74) is 0.922. The maximum atomic E-state index is 13.6. The molecule has 8 heteroatoms. The maximum Gasteiger partial charge on any atom is 0.264 e. The predicted octanol–water partition coefficient (Wildman–Crippen LogP) is 5.36. The van der Waals surface area contributed by atoms with Crippen molar-refractivity contribution in [2.75, 3.05) is 18.0 Å². The van der Waals surface area contributed by atoms with Crippen LogP contribution in [-0.4, -0.2) is 52.5 Å². The fourth-order valence-electron chi connectivity index (χ4n) is 5.68. The molecule has 0 aliphatic carbocycles. The Bertz CT molecular complexity index is 1360. The highest BCUT2D eigenvalue weighted by Gasteiger charge is 2.39. The number of carbonyl (C=O) groups excluding carboxylic acids is 3. The number of thiophene rings is 1. The lowest BCUT2D eigenvalue weighted by Gasteiger charge is -2.35. The number of anilines is 1. The summed E-state index contributed by atoms with van der Waals surface area (Å²) in [7, 11) is 0. The van der Waals surface area contributed by atoms with Gasteiger partial charge in [0.2, 0.25) is 5.91 Å². The summed E-state index contributed by atoms with van der Waals surface area (Å²) < 4.78 is 1.13. The van der Waals surface area contributed by atoms with Gasteiger partial charge < -0.3 is 15.3 Å². The third-order valence-electron chi connectivity index (χ3n) is 7.71. The van der Waals surface area contributed by atoms with Gasteiger partial charge in [-0.15, -0.1) is 11.3 Å². The minimum atomic E-state index is -0.699. The van der Waals surface area contributed by atoms with Gasteiger partial charge in [0.25, 0.3) is 11.8 Å². The van der Waals surface area contributed by atoms with E-state index in [2.05, 4.69) is 10.2 Å².